The molecule has 2 aromatic carbocycles. The average Bonchev–Trinajstić information content (AvgIpc) is 2.64. The van der Waals surface area contributed by atoms with Gasteiger partial charge in [-0.25, -0.2) is 4.39 Å². The van der Waals surface area contributed by atoms with E-state index in [2.05, 4.69) is 0 Å². The normalized spacial score (nSPS) is 14.4. The molecular formula is C18H17FN2O3S. The van der Waals surface area contributed by atoms with E-state index in [-0.39, 0.29) is 17.4 Å². The van der Waals surface area contributed by atoms with Crippen molar-refractivity contribution in [1.29, 1.82) is 0 Å². The summed E-state index contributed by atoms with van der Waals surface area (Å²) in [5, 5.41) is 11.4. The lowest BCUT2D eigenvalue weighted by Gasteiger charge is -2.26. The minimum atomic E-state index is -0.487. The molecule has 1 aliphatic heterocycles. The highest BCUT2D eigenvalue weighted by atomic mass is 32.2. The van der Waals surface area contributed by atoms with Gasteiger partial charge in [0.1, 0.15) is 5.82 Å². The number of nitro benzene ring substituents is 1. The molecule has 5 nitrogen and oxygen atoms in total. The zero-order valence-electron chi connectivity index (χ0n) is 13.5. The van der Waals surface area contributed by atoms with Crippen LogP contribution < -0.4 is 0 Å². The zero-order valence-corrected chi connectivity index (χ0v) is 14.3. The summed E-state index contributed by atoms with van der Waals surface area (Å²) in [5.41, 5.74) is 0.217. The van der Waals surface area contributed by atoms with E-state index >= 15 is 0 Å². The highest BCUT2D eigenvalue weighted by Crippen LogP contribution is 2.35. The molecule has 2 aromatic rings. The standard InChI is InChI=1S/C18H17FN2O3S/c19-14-5-7-15(8-6-14)25-17-9-4-13(12-16(17)21(23)24)18(22)20-10-2-1-3-11-20/h4-9,12H,1-3,10-11H2. The predicted molar refractivity (Wildman–Crippen MR) is 93.4 cm³/mol. The fourth-order valence-electron chi connectivity index (χ4n) is 2.79. The maximum Gasteiger partial charge on any atom is 0.284 e. The first-order valence-corrected chi connectivity index (χ1v) is 8.87. The predicted octanol–water partition coefficient (Wildman–Crippen LogP) is 4.51. The molecule has 0 aromatic heterocycles. The van der Waals surface area contributed by atoms with Crippen molar-refractivity contribution in [2.45, 2.75) is 29.1 Å². The number of carbonyl (C=O) groups is 1. The van der Waals surface area contributed by atoms with Gasteiger partial charge < -0.3 is 4.90 Å². The van der Waals surface area contributed by atoms with Crippen LogP contribution in [0.15, 0.2) is 52.3 Å². The molecule has 0 atom stereocenters. The van der Waals surface area contributed by atoms with Crippen LogP contribution >= 0.6 is 11.8 Å². The number of nitro groups is 1. The Morgan fingerprint density at radius 2 is 1.76 bits per heavy atom. The van der Waals surface area contributed by atoms with Crippen LogP contribution in [0.25, 0.3) is 0 Å². The fraction of sp³-hybridized carbons (Fsp3) is 0.278. The SMILES string of the molecule is O=C(c1ccc(Sc2ccc(F)cc2)c([N+](=O)[O-])c1)N1CCCCC1. The summed E-state index contributed by atoms with van der Waals surface area (Å²) in [6.45, 7) is 1.39. The summed E-state index contributed by atoms with van der Waals surface area (Å²) in [6, 6.07) is 10.3. The number of hydrogen-bond acceptors (Lipinski definition) is 4. The largest absolute Gasteiger partial charge is 0.339 e. The van der Waals surface area contributed by atoms with Gasteiger partial charge in [-0.05, 0) is 55.7 Å². The van der Waals surface area contributed by atoms with Crippen LogP contribution in [0.1, 0.15) is 29.6 Å². The molecule has 25 heavy (non-hydrogen) atoms. The van der Waals surface area contributed by atoms with Gasteiger partial charge in [0.2, 0.25) is 0 Å². The van der Waals surface area contributed by atoms with Crippen LogP contribution in [0.5, 0.6) is 0 Å². The van der Waals surface area contributed by atoms with Gasteiger partial charge in [-0.2, -0.15) is 0 Å². The van der Waals surface area contributed by atoms with E-state index in [9.17, 15) is 19.3 Å². The van der Waals surface area contributed by atoms with Gasteiger partial charge in [0, 0.05) is 29.6 Å². The van der Waals surface area contributed by atoms with Gasteiger partial charge in [0.25, 0.3) is 11.6 Å². The van der Waals surface area contributed by atoms with Gasteiger partial charge >= 0.3 is 0 Å². The third-order valence-corrected chi connectivity index (χ3v) is 5.16. The van der Waals surface area contributed by atoms with Gasteiger partial charge in [-0.15, -0.1) is 0 Å². The monoisotopic (exact) mass is 360 g/mol. The van der Waals surface area contributed by atoms with Crippen LogP contribution in [0.4, 0.5) is 10.1 Å². The van der Waals surface area contributed by atoms with Crippen LogP contribution in [-0.4, -0.2) is 28.8 Å². The third kappa shape index (κ3) is 4.17. The first-order chi connectivity index (χ1) is 12.0. The molecule has 0 unspecified atom stereocenters. The van der Waals surface area contributed by atoms with Crippen molar-refractivity contribution in [3.63, 3.8) is 0 Å². The molecule has 130 valence electrons. The minimum Gasteiger partial charge on any atom is -0.339 e. The number of nitrogens with zero attached hydrogens (tertiary/aromatic N) is 2. The average molecular weight is 360 g/mol. The summed E-state index contributed by atoms with van der Waals surface area (Å²) >= 11 is 1.17. The summed E-state index contributed by atoms with van der Waals surface area (Å²) in [5.74, 6) is -0.526. The molecule has 0 bridgehead atoms. The second kappa shape index (κ2) is 7.65. The highest BCUT2D eigenvalue weighted by molar-refractivity contribution is 7.99. The number of amides is 1. The van der Waals surface area contributed by atoms with Crippen molar-refractivity contribution in [3.8, 4) is 0 Å². The quantitative estimate of drug-likeness (QED) is 0.594. The molecule has 1 saturated heterocycles. The smallest absolute Gasteiger partial charge is 0.284 e. The van der Waals surface area contributed by atoms with E-state index < -0.39 is 4.92 Å². The molecule has 0 aliphatic carbocycles. The number of carbonyl (C=O) groups excluding carboxylic acids is 1. The van der Waals surface area contributed by atoms with Crippen molar-refractivity contribution in [2.24, 2.45) is 0 Å². The first kappa shape index (κ1) is 17.4. The molecule has 0 N–H and O–H groups in total. The summed E-state index contributed by atoms with van der Waals surface area (Å²) in [7, 11) is 0. The highest BCUT2D eigenvalue weighted by Gasteiger charge is 2.22. The second-order valence-electron chi connectivity index (χ2n) is 5.85. The molecule has 1 aliphatic rings. The van der Waals surface area contributed by atoms with E-state index in [1.54, 1.807) is 29.2 Å². The number of hydrogen-bond donors (Lipinski definition) is 0. The van der Waals surface area contributed by atoms with Crippen LogP contribution in [0, 0.1) is 15.9 Å². The molecule has 3 rings (SSSR count). The van der Waals surface area contributed by atoms with E-state index in [1.807, 2.05) is 0 Å². The Morgan fingerprint density at radius 3 is 2.40 bits per heavy atom. The maximum atomic E-state index is 13.0. The molecule has 0 spiro atoms. The van der Waals surface area contributed by atoms with Crippen LogP contribution in [-0.2, 0) is 0 Å². The Balaban J connectivity index is 1.86. The first-order valence-electron chi connectivity index (χ1n) is 8.06. The Hall–Kier alpha value is -2.41. The van der Waals surface area contributed by atoms with E-state index in [0.717, 1.165) is 19.3 Å². The third-order valence-electron chi connectivity index (χ3n) is 4.09. The van der Waals surface area contributed by atoms with Gasteiger partial charge in [-0.1, -0.05) is 11.8 Å². The minimum absolute atomic E-state index is 0.114. The zero-order chi connectivity index (χ0) is 17.8. The molecule has 1 heterocycles. The lowest BCUT2D eigenvalue weighted by atomic mass is 10.1. The van der Waals surface area contributed by atoms with Gasteiger partial charge in [0.05, 0.1) is 9.82 Å². The van der Waals surface area contributed by atoms with E-state index in [1.165, 1.54) is 30.0 Å². The van der Waals surface area contributed by atoms with Crippen molar-refractivity contribution in [2.75, 3.05) is 13.1 Å². The molecule has 1 fully saturated rings. The Kier molecular flexibility index (Phi) is 5.33. The number of likely N-dealkylation sites (tertiary alicyclic amines) is 1. The van der Waals surface area contributed by atoms with Crippen molar-refractivity contribution in [1.82, 2.24) is 4.90 Å². The summed E-state index contributed by atoms with van der Waals surface area (Å²) in [4.78, 5) is 26.3. The Bertz CT molecular complexity index is 789. The lowest BCUT2D eigenvalue weighted by molar-refractivity contribution is -0.387. The number of benzene rings is 2. The lowest BCUT2D eigenvalue weighted by Crippen LogP contribution is -2.35. The number of halogens is 1. The molecule has 1 amide bonds. The Labute approximate surface area is 149 Å². The Morgan fingerprint density at radius 1 is 1.08 bits per heavy atom. The van der Waals surface area contributed by atoms with Crippen molar-refractivity contribution >= 4 is 23.4 Å². The topological polar surface area (TPSA) is 63.4 Å². The van der Waals surface area contributed by atoms with Gasteiger partial charge in [0.15, 0.2) is 0 Å². The van der Waals surface area contributed by atoms with Crippen molar-refractivity contribution in [3.05, 3.63) is 64.0 Å². The number of rotatable bonds is 4. The molecule has 0 saturated carbocycles. The maximum absolute atomic E-state index is 13.0. The van der Waals surface area contributed by atoms with Crippen LogP contribution in [0.2, 0.25) is 0 Å². The molecular weight excluding hydrogens is 343 g/mol. The van der Waals surface area contributed by atoms with Gasteiger partial charge in [-0.3, -0.25) is 14.9 Å². The second-order valence-corrected chi connectivity index (χ2v) is 6.96. The molecule has 7 heteroatoms. The van der Waals surface area contributed by atoms with Crippen molar-refractivity contribution < 1.29 is 14.1 Å². The van der Waals surface area contributed by atoms with E-state index in [4.69, 9.17) is 0 Å². The molecule has 0 radical (unpaired) electrons. The van der Waals surface area contributed by atoms with Crippen LogP contribution in [0.3, 0.4) is 0 Å². The van der Waals surface area contributed by atoms with E-state index in [0.29, 0.717) is 28.4 Å². The fourth-order valence-corrected chi connectivity index (χ4v) is 3.69. The summed E-state index contributed by atoms with van der Waals surface area (Å²) < 4.78 is 13.0. The number of piperidine rings is 1. The summed E-state index contributed by atoms with van der Waals surface area (Å²) in [6.07, 6.45) is 3.04.